The molecule has 0 bridgehead atoms. The molecule has 0 saturated heterocycles. The van der Waals surface area contributed by atoms with Gasteiger partial charge in [-0.1, -0.05) is 6.07 Å². The number of nitrogens with one attached hydrogen (secondary N) is 2. The highest BCUT2D eigenvalue weighted by molar-refractivity contribution is 7.89. The number of aromatic nitrogens is 2. The largest absolute Gasteiger partial charge is 0.326 e. The normalized spacial score (nSPS) is 11.5. The molecule has 0 aliphatic carbocycles. The van der Waals surface area contributed by atoms with Gasteiger partial charge in [0.1, 0.15) is 0 Å². The Hall–Kier alpha value is -2.19. The summed E-state index contributed by atoms with van der Waals surface area (Å²) in [5, 5.41) is 6.83. The van der Waals surface area contributed by atoms with E-state index in [2.05, 4.69) is 15.1 Å². The van der Waals surface area contributed by atoms with Crippen molar-refractivity contribution in [3.8, 4) is 0 Å². The minimum absolute atomic E-state index is 0.1000. The molecule has 7 nitrogen and oxygen atoms in total. The van der Waals surface area contributed by atoms with Gasteiger partial charge in [-0.3, -0.25) is 9.48 Å². The van der Waals surface area contributed by atoms with E-state index in [0.29, 0.717) is 5.69 Å². The lowest BCUT2D eigenvalue weighted by atomic mass is 10.2. The summed E-state index contributed by atoms with van der Waals surface area (Å²) < 4.78 is 29.1. The molecular weight excluding hydrogens is 316 g/mol. The predicted molar refractivity (Wildman–Crippen MR) is 87.5 cm³/mol. The van der Waals surface area contributed by atoms with E-state index >= 15 is 0 Å². The van der Waals surface area contributed by atoms with Gasteiger partial charge in [0, 0.05) is 37.5 Å². The molecule has 8 heteroatoms. The van der Waals surface area contributed by atoms with Crippen molar-refractivity contribution in [3.63, 3.8) is 0 Å². The highest BCUT2D eigenvalue weighted by Crippen LogP contribution is 2.17. The molecule has 124 valence electrons. The molecule has 1 amide bonds. The van der Waals surface area contributed by atoms with Crippen LogP contribution < -0.4 is 10.0 Å². The molecule has 0 saturated carbocycles. The molecule has 1 aromatic carbocycles. The molecule has 0 spiro atoms. The van der Waals surface area contributed by atoms with Crippen molar-refractivity contribution in [1.82, 2.24) is 14.5 Å². The van der Waals surface area contributed by atoms with Crippen LogP contribution >= 0.6 is 0 Å². The molecule has 0 aliphatic heterocycles. The van der Waals surface area contributed by atoms with Crippen LogP contribution in [0.3, 0.4) is 0 Å². The molecule has 0 fully saturated rings. The lowest BCUT2D eigenvalue weighted by molar-refractivity contribution is -0.114. The van der Waals surface area contributed by atoms with Gasteiger partial charge in [0.15, 0.2) is 0 Å². The number of benzene rings is 1. The minimum atomic E-state index is -3.68. The van der Waals surface area contributed by atoms with E-state index in [1.54, 1.807) is 16.8 Å². The average Bonchev–Trinajstić information content (AvgIpc) is 2.70. The van der Waals surface area contributed by atoms with Gasteiger partial charge >= 0.3 is 0 Å². The summed E-state index contributed by atoms with van der Waals surface area (Å²) >= 11 is 0. The zero-order valence-corrected chi connectivity index (χ0v) is 14.4. The third-order valence-electron chi connectivity index (χ3n) is 3.56. The van der Waals surface area contributed by atoms with Crippen molar-refractivity contribution in [2.75, 3.05) is 5.32 Å². The molecule has 0 atom stereocenters. The zero-order valence-electron chi connectivity index (χ0n) is 13.5. The SMILES string of the molecule is CC(=O)Nc1cccc(S(=O)(=O)NCc2c(C)nn(C)c2C)c1. The minimum Gasteiger partial charge on any atom is -0.326 e. The van der Waals surface area contributed by atoms with Crippen LogP contribution in [0.15, 0.2) is 29.2 Å². The molecule has 0 aliphatic rings. The summed E-state index contributed by atoms with van der Waals surface area (Å²) in [6.45, 7) is 5.26. The van der Waals surface area contributed by atoms with Gasteiger partial charge in [-0.15, -0.1) is 0 Å². The molecule has 2 N–H and O–H groups in total. The second-order valence-electron chi connectivity index (χ2n) is 5.31. The molecule has 0 radical (unpaired) electrons. The Balaban J connectivity index is 2.20. The smallest absolute Gasteiger partial charge is 0.240 e. The number of sulfonamides is 1. The summed E-state index contributed by atoms with van der Waals surface area (Å²) in [7, 11) is -1.86. The zero-order chi connectivity index (χ0) is 17.2. The van der Waals surface area contributed by atoms with Gasteiger partial charge in [-0.2, -0.15) is 5.10 Å². The standard InChI is InChI=1S/C15H20N4O3S/c1-10-15(11(2)19(4)18-10)9-16-23(21,22)14-7-5-6-13(8-14)17-12(3)20/h5-8,16H,9H2,1-4H3,(H,17,20). The number of carbonyl (C=O) groups is 1. The van der Waals surface area contributed by atoms with Crippen molar-refractivity contribution in [3.05, 3.63) is 41.2 Å². The number of carbonyl (C=O) groups excluding carboxylic acids is 1. The lowest BCUT2D eigenvalue weighted by Crippen LogP contribution is -2.24. The van der Waals surface area contributed by atoms with E-state index < -0.39 is 10.0 Å². The molecule has 23 heavy (non-hydrogen) atoms. The van der Waals surface area contributed by atoms with Crippen LogP contribution in [-0.2, 0) is 28.4 Å². The topological polar surface area (TPSA) is 93.1 Å². The van der Waals surface area contributed by atoms with Crippen molar-refractivity contribution >= 4 is 21.6 Å². The highest BCUT2D eigenvalue weighted by atomic mass is 32.2. The Morgan fingerprint density at radius 2 is 2.00 bits per heavy atom. The molecular formula is C15H20N4O3S. The fraction of sp³-hybridized carbons (Fsp3) is 0.333. The first-order valence-corrected chi connectivity index (χ1v) is 8.55. The van der Waals surface area contributed by atoms with Crippen LogP contribution in [0.5, 0.6) is 0 Å². The van der Waals surface area contributed by atoms with E-state index in [9.17, 15) is 13.2 Å². The number of hydrogen-bond acceptors (Lipinski definition) is 4. The van der Waals surface area contributed by atoms with Gasteiger partial charge in [-0.25, -0.2) is 13.1 Å². The maximum absolute atomic E-state index is 12.4. The third kappa shape index (κ3) is 3.96. The number of nitrogens with zero attached hydrogens (tertiary/aromatic N) is 2. The van der Waals surface area contributed by atoms with Crippen LogP contribution in [0.25, 0.3) is 0 Å². The maximum Gasteiger partial charge on any atom is 0.240 e. The first kappa shape index (κ1) is 17.2. The monoisotopic (exact) mass is 336 g/mol. The number of amides is 1. The van der Waals surface area contributed by atoms with E-state index in [4.69, 9.17) is 0 Å². The number of anilines is 1. The summed E-state index contributed by atoms with van der Waals surface area (Å²) in [4.78, 5) is 11.2. The Bertz CT molecular complexity index is 840. The van der Waals surface area contributed by atoms with Gasteiger partial charge in [-0.05, 0) is 32.0 Å². The number of aryl methyl sites for hydroxylation is 2. The van der Waals surface area contributed by atoms with E-state index in [-0.39, 0.29) is 17.3 Å². The van der Waals surface area contributed by atoms with Crippen LogP contribution in [0.1, 0.15) is 23.9 Å². The Kier molecular flexibility index (Phi) is 4.86. The second-order valence-corrected chi connectivity index (χ2v) is 7.07. The average molecular weight is 336 g/mol. The number of hydrogen-bond donors (Lipinski definition) is 2. The first-order valence-electron chi connectivity index (χ1n) is 7.07. The summed E-state index contributed by atoms with van der Waals surface area (Å²) in [5.74, 6) is -0.255. The van der Waals surface area contributed by atoms with Crippen LogP contribution in [-0.4, -0.2) is 24.1 Å². The second kappa shape index (κ2) is 6.51. The number of rotatable bonds is 5. The van der Waals surface area contributed by atoms with Crippen LogP contribution in [0.2, 0.25) is 0 Å². The highest BCUT2D eigenvalue weighted by Gasteiger charge is 2.17. The lowest BCUT2D eigenvalue weighted by Gasteiger charge is -2.09. The summed E-state index contributed by atoms with van der Waals surface area (Å²) in [5.41, 5.74) is 3.00. The van der Waals surface area contributed by atoms with Gasteiger partial charge in [0.25, 0.3) is 0 Å². The summed E-state index contributed by atoms with van der Waals surface area (Å²) in [6.07, 6.45) is 0. The Morgan fingerprint density at radius 1 is 1.30 bits per heavy atom. The Morgan fingerprint density at radius 3 is 2.57 bits per heavy atom. The van der Waals surface area contributed by atoms with Gasteiger partial charge < -0.3 is 5.32 Å². The summed E-state index contributed by atoms with van der Waals surface area (Å²) in [6, 6.07) is 6.12. The van der Waals surface area contributed by atoms with Gasteiger partial charge in [0.05, 0.1) is 10.6 Å². The Labute approximate surface area is 135 Å². The molecule has 2 aromatic rings. The van der Waals surface area contributed by atoms with Crippen molar-refractivity contribution in [2.45, 2.75) is 32.2 Å². The van der Waals surface area contributed by atoms with Crippen molar-refractivity contribution in [2.24, 2.45) is 7.05 Å². The van der Waals surface area contributed by atoms with E-state index in [1.165, 1.54) is 19.1 Å². The molecule has 1 aromatic heterocycles. The van der Waals surface area contributed by atoms with E-state index in [1.807, 2.05) is 20.9 Å². The first-order chi connectivity index (χ1) is 10.7. The maximum atomic E-state index is 12.4. The van der Waals surface area contributed by atoms with Crippen LogP contribution in [0.4, 0.5) is 5.69 Å². The predicted octanol–water partition coefficient (Wildman–Crippen LogP) is 1.47. The van der Waals surface area contributed by atoms with E-state index in [0.717, 1.165) is 17.0 Å². The van der Waals surface area contributed by atoms with Crippen LogP contribution in [0, 0.1) is 13.8 Å². The fourth-order valence-electron chi connectivity index (χ4n) is 2.27. The van der Waals surface area contributed by atoms with Gasteiger partial charge in [0.2, 0.25) is 15.9 Å². The molecule has 0 unspecified atom stereocenters. The molecule has 1 heterocycles. The third-order valence-corrected chi connectivity index (χ3v) is 4.96. The van der Waals surface area contributed by atoms with Crippen molar-refractivity contribution in [1.29, 1.82) is 0 Å². The fourth-order valence-corrected chi connectivity index (χ4v) is 3.31. The molecule has 2 rings (SSSR count). The quantitative estimate of drug-likeness (QED) is 0.865. The van der Waals surface area contributed by atoms with Crippen molar-refractivity contribution < 1.29 is 13.2 Å².